The van der Waals surface area contributed by atoms with Gasteiger partial charge in [0.15, 0.2) is 11.6 Å². The number of aliphatic hydroxyl groups is 6. The molecular formula is C28H36IN9O9. The molecule has 7 heterocycles. The van der Waals surface area contributed by atoms with Crippen LogP contribution in [0.1, 0.15) is 44.9 Å². The summed E-state index contributed by atoms with van der Waals surface area (Å²) in [5.41, 5.74) is 11.2. The average Bonchev–Trinajstić information content (AvgIpc) is 3.82. The molecule has 18 nitrogen and oxygen atoms in total. The molecule has 2 aliphatic rings. The molecule has 254 valence electrons. The van der Waals surface area contributed by atoms with Crippen LogP contribution in [0.5, 0.6) is 0 Å². The lowest BCUT2D eigenvalue weighted by atomic mass is 9.91. The summed E-state index contributed by atoms with van der Waals surface area (Å²) < 4.78 is 20.4. The van der Waals surface area contributed by atoms with Gasteiger partial charge < -0.3 is 56.0 Å². The van der Waals surface area contributed by atoms with Gasteiger partial charge in [-0.15, -0.1) is 0 Å². The zero-order chi connectivity index (χ0) is 33.1. The number of fused-ring (bicyclic) bond motifs is 2. The third kappa shape index (κ3) is 5.59. The summed E-state index contributed by atoms with van der Waals surface area (Å²) in [5, 5.41) is 68.5. The number of aliphatic hydroxyl groups excluding tert-OH is 4. The summed E-state index contributed by atoms with van der Waals surface area (Å²) in [6.07, 6.45) is -0.534. The minimum absolute atomic E-state index is 0. The second-order valence-corrected chi connectivity index (χ2v) is 12.5. The molecule has 2 saturated heterocycles. The van der Waals surface area contributed by atoms with Crippen molar-refractivity contribution in [1.82, 2.24) is 34.2 Å². The van der Waals surface area contributed by atoms with Crippen LogP contribution in [0.25, 0.3) is 22.5 Å². The minimum atomic E-state index is -1.64. The Morgan fingerprint density at radius 3 is 1.79 bits per heavy atom. The van der Waals surface area contributed by atoms with Crippen LogP contribution in [-0.4, -0.2) is 114 Å². The van der Waals surface area contributed by atoms with Crippen LogP contribution < -0.4 is 11.5 Å². The molecule has 0 aliphatic carbocycles. The Kier molecular flexibility index (Phi) is 9.49. The molecule has 0 unspecified atom stereocenters. The lowest BCUT2D eigenvalue weighted by molar-refractivity contribution is -0.0665. The third-order valence-corrected chi connectivity index (χ3v) is 9.14. The monoisotopic (exact) mass is 769 g/mol. The first-order chi connectivity index (χ1) is 21.8. The van der Waals surface area contributed by atoms with Crippen molar-refractivity contribution in [2.45, 2.75) is 69.1 Å². The third-order valence-electron chi connectivity index (χ3n) is 8.32. The van der Waals surface area contributed by atoms with E-state index in [4.69, 9.17) is 25.4 Å². The van der Waals surface area contributed by atoms with E-state index in [0.717, 1.165) is 3.57 Å². The number of nitrogens with two attached hydrogens (primary N) is 2. The van der Waals surface area contributed by atoms with Gasteiger partial charge in [0.1, 0.15) is 77.8 Å². The number of aromatic nitrogens is 7. The topological polar surface area (TPSA) is 278 Å². The Balaban J connectivity index is 0.000000183. The summed E-state index contributed by atoms with van der Waals surface area (Å²) in [6, 6.07) is 3.43. The van der Waals surface area contributed by atoms with Crippen LogP contribution in [0.15, 0.2) is 41.7 Å². The summed E-state index contributed by atoms with van der Waals surface area (Å²) in [7, 11) is 0. The van der Waals surface area contributed by atoms with Crippen molar-refractivity contribution in [3.63, 3.8) is 0 Å². The molecule has 0 amide bonds. The van der Waals surface area contributed by atoms with E-state index in [1.165, 1.54) is 48.0 Å². The number of nitrogens with zero attached hydrogens (tertiary/aromatic N) is 7. The van der Waals surface area contributed by atoms with Gasteiger partial charge in [-0.2, -0.15) is 10.2 Å². The van der Waals surface area contributed by atoms with E-state index in [1.54, 1.807) is 12.1 Å². The summed E-state index contributed by atoms with van der Waals surface area (Å²) in [6.45, 7) is 2.09. The zero-order valence-electron chi connectivity index (χ0n) is 24.4. The maximum absolute atomic E-state index is 10.7. The number of hydrogen-bond donors (Lipinski definition) is 8. The molecule has 5 aromatic heterocycles. The molecule has 8 atom stereocenters. The smallest absolute Gasteiger partial charge is 0.228 e. The van der Waals surface area contributed by atoms with Gasteiger partial charge in [-0.25, -0.2) is 24.0 Å². The second kappa shape index (κ2) is 12.8. The molecule has 0 saturated carbocycles. The van der Waals surface area contributed by atoms with E-state index in [-0.39, 0.29) is 19.9 Å². The van der Waals surface area contributed by atoms with Crippen LogP contribution in [0.2, 0.25) is 0 Å². The Bertz CT molecular complexity index is 1860. The average molecular weight is 770 g/mol. The van der Waals surface area contributed by atoms with Crippen LogP contribution in [-0.2, 0) is 9.47 Å². The predicted molar refractivity (Wildman–Crippen MR) is 172 cm³/mol. The number of anilines is 2. The first-order valence-electron chi connectivity index (χ1n) is 14.0. The van der Waals surface area contributed by atoms with Crippen molar-refractivity contribution < 1.29 is 44.5 Å². The van der Waals surface area contributed by atoms with Crippen molar-refractivity contribution in [1.29, 1.82) is 0 Å². The molecule has 0 bridgehead atoms. The highest BCUT2D eigenvalue weighted by Gasteiger charge is 2.54. The molecule has 7 rings (SSSR count). The van der Waals surface area contributed by atoms with Gasteiger partial charge in [0, 0.05) is 3.57 Å². The van der Waals surface area contributed by atoms with Gasteiger partial charge >= 0.3 is 0 Å². The largest absolute Gasteiger partial charge is 0.444 e. The number of ether oxygens (including phenoxy) is 2. The molecule has 2 aliphatic heterocycles. The van der Waals surface area contributed by atoms with Gasteiger partial charge in [0.25, 0.3) is 0 Å². The molecule has 47 heavy (non-hydrogen) atoms. The first-order valence-corrected chi connectivity index (χ1v) is 15.0. The predicted octanol–water partition coefficient (Wildman–Crippen LogP) is -0.393. The lowest BCUT2D eigenvalue weighted by Crippen LogP contribution is -2.43. The minimum Gasteiger partial charge on any atom is -0.444 e. The maximum atomic E-state index is 10.7. The molecule has 0 aromatic carbocycles. The van der Waals surface area contributed by atoms with Crippen LogP contribution in [0.4, 0.5) is 11.6 Å². The standard InChI is InChI=1S/C15H17N5O5.C12H15IN4O4.CH4/c1-15(23)11(22)9(5-21)25-12(15)8-4-7(14-17-2-3-24-14)10-13(16)18-6-19-20(8)10;1-12(20)9(19)7(3-18)21-10(12)6-2-5(13)8-11(14)15-4-16-17(6)8;/h2-4,6,9,11-12,21-23H,5H2,1H3,(H2,16,18,19);2,4,7,9-10,18-20H,3H2,1H3,(H2,14,15,16);1H4/t9-,11-,12+,15-;7-,9-,10+,12-;/m11./s1. The SMILES string of the molecule is C.C[C@@]1(O)[C@H](O)[C@@H](CO)O[C@H]1c1cc(-c2ncco2)c2c(N)ncnn12.C[C@@]1(O)[C@H](O)[C@@H](CO)O[C@H]1c1cc(I)c2c(N)ncnn12. The lowest BCUT2D eigenvalue weighted by Gasteiger charge is -2.26. The number of oxazole rings is 1. The molecule has 0 radical (unpaired) electrons. The van der Waals surface area contributed by atoms with Crippen LogP contribution in [0.3, 0.4) is 0 Å². The van der Waals surface area contributed by atoms with Gasteiger partial charge in [-0.3, -0.25) is 0 Å². The fraction of sp³-hybridized carbons (Fsp3) is 0.464. The van der Waals surface area contributed by atoms with Crippen molar-refractivity contribution in [2.75, 3.05) is 24.7 Å². The van der Waals surface area contributed by atoms with Crippen molar-refractivity contribution >= 4 is 45.3 Å². The number of nitrogen functional groups attached to an aromatic ring is 2. The molecule has 0 spiro atoms. The van der Waals surface area contributed by atoms with E-state index >= 15 is 0 Å². The number of rotatable bonds is 5. The highest BCUT2D eigenvalue weighted by Crippen LogP contribution is 2.45. The van der Waals surface area contributed by atoms with E-state index in [2.05, 4.69) is 47.7 Å². The van der Waals surface area contributed by atoms with Gasteiger partial charge in [0.05, 0.1) is 36.4 Å². The van der Waals surface area contributed by atoms with Crippen molar-refractivity contribution in [2.24, 2.45) is 0 Å². The highest BCUT2D eigenvalue weighted by atomic mass is 127. The van der Waals surface area contributed by atoms with Crippen LogP contribution >= 0.6 is 22.6 Å². The van der Waals surface area contributed by atoms with E-state index < -0.39 is 54.4 Å². The Hall–Kier alpha value is -3.54. The second-order valence-electron chi connectivity index (χ2n) is 11.4. The van der Waals surface area contributed by atoms with Crippen molar-refractivity contribution in [3.8, 4) is 11.5 Å². The fourth-order valence-corrected chi connectivity index (χ4v) is 6.72. The summed E-state index contributed by atoms with van der Waals surface area (Å²) in [5.74, 6) is 0.825. The fourth-order valence-electron chi connectivity index (χ4n) is 5.89. The van der Waals surface area contributed by atoms with E-state index in [9.17, 15) is 30.6 Å². The Morgan fingerprint density at radius 1 is 0.830 bits per heavy atom. The van der Waals surface area contributed by atoms with E-state index in [0.29, 0.717) is 39.7 Å². The Labute approximate surface area is 280 Å². The number of halogens is 1. The van der Waals surface area contributed by atoms with E-state index in [1.807, 2.05) is 0 Å². The first kappa shape index (κ1) is 34.8. The normalized spacial score (nSPS) is 30.4. The van der Waals surface area contributed by atoms with Gasteiger partial charge in [-0.05, 0) is 48.6 Å². The summed E-state index contributed by atoms with van der Waals surface area (Å²) in [4.78, 5) is 12.0. The molecule has 5 aromatic rings. The number of hydrogen-bond acceptors (Lipinski definition) is 16. The molecular weight excluding hydrogens is 733 g/mol. The van der Waals surface area contributed by atoms with Crippen LogP contribution in [0, 0.1) is 3.57 Å². The highest BCUT2D eigenvalue weighted by molar-refractivity contribution is 14.1. The van der Waals surface area contributed by atoms with Crippen molar-refractivity contribution in [3.05, 3.63) is 52.2 Å². The molecule has 2 fully saturated rings. The quantitative estimate of drug-likeness (QED) is 0.106. The van der Waals surface area contributed by atoms with Gasteiger partial charge in [0.2, 0.25) is 5.89 Å². The maximum Gasteiger partial charge on any atom is 0.228 e. The van der Waals surface area contributed by atoms with Gasteiger partial charge in [-0.1, -0.05) is 7.43 Å². The summed E-state index contributed by atoms with van der Waals surface area (Å²) >= 11 is 2.09. The molecule has 19 heteroatoms. The molecule has 10 N–H and O–H groups in total. The zero-order valence-corrected chi connectivity index (χ0v) is 26.6. The Morgan fingerprint density at radius 2 is 1.32 bits per heavy atom.